The number of nitrogens with zero attached hydrogens (tertiary/aromatic N) is 4. The van der Waals surface area contributed by atoms with Gasteiger partial charge in [-0.2, -0.15) is 18.4 Å². The summed E-state index contributed by atoms with van der Waals surface area (Å²) in [5.41, 5.74) is -0.719. The Morgan fingerprint density at radius 3 is 2.56 bits per heavy atom. The van der Waals surface area contributed by atoms with Crippen LogP contribution in [0.4, 0.5) is 23.9 Å². The molecule has 3 aromatic rings. The summed E-state index contributed by atoms with van der Waals surface area (Å²) in [7, 11) is -1.34. The average molecular weight is 617 g/mol. The van der Waals surface area contributed by atoms with E-state index < -0.39 is 31.5 Å². The van der Waals surface area contributed by atoms with Crippen LogP contribution in [0.5, 0.6) is 0 Å². The van der Waals surface area contributed by atoms with Crippen LogP contribution in [0.2, 0.25) is 25.7 Å². The second-order valence-corrected chi connectivity index (χ2v) is 18.7. The molecule has 0 bridgehead atoms. The van der Waals surface area contributed by atoms with Gasteiger partial charge in [0.1, 0.15) is 17.9 Å². The molecule has 0 aliphatic heterocycles. The summed E-state index contributed by atoms with van der Waals surface area (Å²) in [6.45, 7) is 12.7. The summed E-state index contributed by atoms with van der Waals surface area (Å²) in [4.78, 5) is 20.8. The molecule has 0 radical (unpaired) electrons. The molecule has 2 atom stereocenters. The minimum absolute atomic E-state index is 0.0202. The van der Waals surface area contributed by atoms with Crippen molar-refractivity contribution in [3.05, 3.63) is 41.7 Å². The molecule has 1 fully saturated rings. The summed E-state index contributed by atoms with van der Waals surface area (Å²) in [6, 6.07) is 7.28. The number of hydrogen-bond donors (Lipinski definition) is 2. The number of ether oxygens (including phenoxy) is 2. The number of carbonyl (C=O) groups excluding carboxylic acids is 1. The minimum atomic E-state index is -4.71. The smallest absolute Gasteiger partial charge is 0.419 e. The molecular formula is C30H39F3N6O3Si. The van der Waals surface area contributed by atoms with E-state index in [2.05, 4.69) is 46.3 Å². The van der Waals surface area contributed by atoms with Gasteiger partial charge in [0, 0.05) is 44.1 Å². The lowest BCUT2D eigenvalue weighted by atomic mass is 10.0. The second-order valence-electron chi connectivity index (χ2n) is 13.1. The van der Waals surface area contributed by atoms with Crippen molar-refractivity contribution in [2.75, 3.05) is 11.9 Å². The van der Waals surface area contributed by atoms with Gasteiger partial charge in [0.2, 0.25) is 5.95 Å². The zero-order chi connectivity index (χ0) is 31.6. The number of rotatable bonds is 9. The van der Waals surface area contributed by atoms with Crippen molar-refractivity contribution in [2.24, 2.45) is 0 Å². The SMILES string of the molecule is CC(C)(C)OC(=O)N[C@H]1CCC[C@@H]1Nc1ncc(C(F)(F)F)c(-c2cn(COCC[Si](C)(C)C)c3cc(C#N)ccc23)n1. The third-order valence-electron chi connectivity index (χ3n) is 7.12. The molecule has 13 heteroatoms. The molecule has 1 aliphatic rings. The molecular weight excluding hydrogens is 577 g/mol. The van der Waals surface area contributed by atoms with Gasteiger partial charge in [-0.3, -0.25) is 0 Å². The number of alkyl carbamates (subject to hydrolysis) is 1. The Labute approximate surface area is 250 Å². The zero-order valence-electron chi connectivity index (χ0n) is 25.4. The normalized spacial score (nSPS) is 17.6. The van der Waals surface area contributed by atoms with E-state index in [1.54, 1.807) is 49.7 Å². The van der Waals surface area contributed by atoms with E-state index in [9.17, 15) is 23.2 Å². The minimum Gasteiger partial charge on any atom is -0.444 e. The van der Waals surface area contributed by atoms with E-state index in [1.165, 1.54) is 0 Å². The molecule has 9 nitrogen and oxygen atoms in total. The number of carbonyl (C=O) groups is 1. The highest BCUT2D eigenvalue weighted by atomic mass is 28.3. The number of anilines is 1. The number of fused-ring (bicyclic) bond motifs is 1. The Balaban J connectivity index is 1.68. The maximum atomic E-state index is 14.3. The number of benzene rings is 1. The fourth-order valence-corrected chi connectivity index (χ4v) is 5.75. The standard InChI is InChI=1S/C30H39F3N6O3Si/c1-29(2,3)42-28(40)37-24-9-7-8-23(24)36-27-35-16-22(30(31,32)33)26(38-27)21-17-39(18-41-12-13-43(4,5)6)25-14-19(15-34)10-11-20(21)25/h10-11,14,16-17,23-24H,7-9,12-13,18H2,1-6H3,(H,37,40)(H,35,36,38)/t23-,24-/m0/s1. The van der Waals surface area contributed by atoms with Crippen LogP contribution in [-0.2, 0) is 22.4 Å². The van der Waals surface area contributed by atoms with E-state index in [0.717, 1.165) is 18.7 Å². The maximum absolute atomic E-state index is 14.3. The summed E-state index contributed by atoms with van der Waals surface area (Å²) < 4.78 is 55.8. The van der Waals surface area contributed by atoms with Gasteiger partial charge < -0.3 is 24.7 Å². The highest BCUT2D eigenvalue weighted by Crippen LogP contribution is 2.40. The summed E-state index contributed by atoms with van der Waals surface area (Å²) in [5.74, 6) is 0.0202. The number of amides is 1. The number of aromatic nitrogens is 3. The number of alkyl halides is 3. The van der Waals surface area contributed by atoms with Crippen molar-refractivity contribution >= 4 is 31.0 Å². The van der Waals surface area contributed by atoms with Crippen molar-refractivity contribution in [2.45, 2.75) is 96.3 Å². The van der Waals surface area contributed by atoms with Crippen molar-refractivity contribution in [1.29, 1.82) is 5.26 Å². The number of nitrogens with one attached hydrogen (secondary N) is 2. The number of nitriles is 1. The van der Waals surface area contributed by atoms with Crippen molar-refractivity contribution in [3.8, 4) is 17.3 Å². The molecule has 1 aromatic carbocycles. The summed E-state index contributed by atoms with van der Waals surface area (Å²) in [6.07, 6.45) is -0.745. The molecule has 2 N–H and O–H groups in total. The lowest BCUT2D eigenvalue weighted by Gasteiger charge is -2.25. The fraction of sp³-hybridized carbons (Fsp3) is 0.533. The van der Waals surface area contributed by atoms with Gasteiger partial charge in [0.05, 0.1) is 28.9 Å². The maximum Gasteiger partial charge on any atom is 0.419 e. The van der Waals surface area contributed by atoms with Gasteiger partial charge in [-0.15, -0.1) is 0 Å². The lowest BCUT2D eigenvalue weighted by Crippen LogP contribution is -2.45. The predicted molar refractivity (Wildman–Crippen MR) is 161 cm³/mol. The van der Waals surface area contributed by atoms with E-state index in [4.69, 9.17) is 9.47 Å². The molecule has 4 rings (SSSR count). The van der Waals surface area contributed by atoms with Crippen LogP contribution in [0.15, 0.2) is 30.6 Å². The molecule has 0 spiro atoms. The lowest BCUT2D eigenvalue weighted by molar-refractivity contribution is -0.137. The second kappa shape index (κ2) is 12.5. The van der Waals surface area contributed by atoms with Crippen LogP contribution in [0.1, 0.15) is 51.2 Å². The van der Waals surface area contributed by atoms with Crippen LogP contribution < -0.4 is 10.6 Å². The van der Waals surface area contributed by atoms with Crippen LogP contribution in [0.25, 0.3) is 22.2 Å². The van der Waals surface area contributed by atoms with Crippen LogP contribution >= 0.6 is 0 Å². The highest BCUT2D eigenvalue weighted by Gasteiger charge is 2.37. The first kappa shape index (κ1) is 32.3. The molecule has 0 unspecified atom stereocenters. The zero-order valence-corrected chi connectivity index (χ0v) is 26.4. The quantitative estimate of drug-likeness (QED) is 0.194. The van der Waals surface area contributed by atoms with Crippen molar-refractivity contribution < 1.29 is 27.4 Å². The average Bonchev–Trinajstić information content (AvgIpc) is 3.47. The summed E-state index contributed by atoms with van der Waals surface area (Å²) in [5, 5.41) is 16.0. The topological polar surface area (TPSA) is 114 Å². The van der Waals surface area contributed by atoms with Crippen LogP contribution in [-0.4, -0.2) is 53.0 Å². The number of hydrogen-bond acceptors (Lipinski definition) is 7. The summed E-state index contributed by atoms with van der Waals surface area (Å²) >= 11 is 0. The first-order valence-corrected chi connectivity index (χ1v) is 18.1. The van der Waals surface area contributed by atoms with Crippen LogP contribution in [0.3, 0.4) is 0 Å². The van der Waals surface area contributed by atoms with E-state index in [-0.39, 0.29) is 36.0 Å². The molecule has 1 aliphatic carbocycles. The number of halogens is 3. The van der Waals surface area contributed by atoms with Gasteiger partial charge in [0.25, 0.3) is 0 Å². The highest BCUT2D eigenvalue weighted by molar-refractivity contribution is 6.76. The third kappa shape index (κ3) is 8.48. The molecule has 232 valence electrons. The Kier molecular flexibility index (Phi) is 9.41. The fourth-order valence-electron chi connectivity index (χ4n) is 4.99. The first-order chi connectivity index (χ1) is 20.0. The van der Waals surface area contributed by atoms with Crippen molar-refractivity contribution in [1.82, 2.24) is 19.9 Å². The molecule has 1 saturated carbocycles. The Bertz CT molecular complexity index is 1500. The Morgan fingerprint density at radius 1 is 1.19 bits per heavy atom. The predicted octanol–water partition coefficient (Wildman–Crippen LogP) is 7.16. The molecule has 43 heavy (non-hydrogen) atoms. The Hall–Kier alpha value is -3.63. The van der Waals surface area contributed by atoms with Crippen molar-refractivity contribution in [3.63, 3.8) is 0 Å². The van der Waals surface area contributed by atoms with Gasteiger partial charge in [-0.1, -0.05) is 25.7 Å². The van der Waals surface area contributed by atoms with Gasteiger partial charge in [0.15, 0.2) is 0 Å². The monoisotopic (exact) mass is 616 g/mol. The van der Waals surface area contributed by atoms with Gasteiger partial charge >= 0.3 is 12.3 Å². The van der Waals surface area contributed by atoms with Crippen LogP contribution in [0, 0.1) is 11.3 Å². The molecule has 2 aromatic heterocycles. The van der Waals surface area contributed by atoms with Gasteiger partial charge in [-0.25, -0.2) is 14.8 Å². The largest absolute Gasteiger partial charge is 0.444 e. The Morgan fingerprint density at radius 2 is 1.91 bits per heavy atom. The first-order valence-electron chi connectivity index (χ1n) is 14.4. The van der Waals surface area contributed by atoms with E-state index >= 15 is 0 Å². The van der Waals surface area contributed by atoms with Gasteiger partial charge in [-0.05, 0) is 58.2 Å². The molecule has 0 saturated heterocycles. The molecule has 2 heterocycles. The third-order valence-corrected chi connectivity index (χ3v) is 8.82. The van der Waals surface area contributed by atoms with E-state index in [0.29, 0.717) is 35.9 Å². The van der Waals surface area contributed by atoms with E-state index in [1.807, 2.05) is 0 Å². The molecule has 1 amide bonds.